The van der Waals surface area contributed by atoms with Crippen LogP contribution in [0.2, 0.25) is 0 Å². The average molecular weight is 263 g/mol. The Morgan fingerprint density at radius 3 is 2.29 bits per heavy atom. The van der Waals surface area contributed by atoms with E-state index in [-0.39, 0.29) is 17.5 Å². The summed E-state index contributed by atoms with van der Waals surface area (Å²) in [5.41, 5.74) is 4.82. The smallest absolute Gasteiger partial charge is 0.318 e. The lowest BCUT2D eigenvalue weighted by molar-refractivity contribution is -0.121. The molecule has 1 aliphatic rings. The number of rotatable bonds is 3. The minimum atomic E-state index is -2.91. The van der Waals surface area contributed by atoms with E-state index in [1.807, 2.05) is 5.32 Å². The number of imide groups is 1. The van der Waals surface area contributed by atoms with Crippen molar-refractivity contribution in [2.45, 2.75) is 31.8 Å². The molecule has 1 fully saturated rings. The molecule has 0 aromatic carbocycles. The second-order valence-corrected chi connectivity index (χ2v) is 6.47. The van der Waals surface area contributed by atoms with Gasteiger partial charge in [-0.1, -0.05) is 0 Å². The second-order valence-electron chi connectivity index (χ2n) is 4.17. The predicted molar refractivity (Wildman–Crippen MR) is 62.0 cm³/mol. The quantitative estimate of drug-likeness (QED) is 0.587. The molecular weight excluding hydrogens is 246 g/mol. The molecule has 0 aliphatic carbocycles. The topological polar surface area (TPSA) is 118 Å². The van der Waals surface area contributed by atoms with Gasteiger partial charge in [0, 0.05) is 6.04 Å². The Morgan fingerprint density at radius 2 is 1.82 bits per heavy atom. The van der Waals surface area contributed by atoms with Crippen molar-refractivity contribution in [3.63, 3.8) is 0 Å². The summed E-state index contributed by atoms with van der Waals surface area (Å²) in [4.78, 5) is 21.8. The lowest BCUT2D eigenvalue weighted by Crippen LogP contribution is -2.51. The number of primary amides is 1. The summed E-state index contributed by atoms with van der Waals surface area (Å²) in [5.74, 6) is -0.241. The van der Waals surface area contributed by atoms with Crippen molar-refractivity contribution in [1.29, 1.82) is 0 Å². The van der Waals surface area contributed by atoms with Gasteiger partial charge in [-0.05, 0) is 19.8 Å². The SMILES string of the molecule is CC(NC1CCS(=O)(=O)CC1)C(=O)NC(N)=O. The summed E-state index contributed by atoms with van der Waals surface area (Å²) in [5, 5.41) is 4.95. The van der Waals surface area contributed by atoms with Crippen molar-refractivity contribution in [2.24, 2.45) is 5.73 Å². The summed E-state index contributed by atoms with van der Waals surface area (Å²) in [7, 11) is -2.91. The highest BCUT2D eigenvalue weighted by Gasteiger charge is 2.26. The highest BCUT2D eigenvalue weighted by atomic mass is 32.2. The van der Waals surface area contributed by atoms with Gasteiger partial charge in [0.15, 0.2) is 0 Å². The molecular formula is C9H17N3O4S. The van der Waals surface area contributed by atoms with Crippen LogP contribution < -0.4 is 16.4 Å². The predicted octanol–water partition coefficient (Wildman–Crippen LogP) is -1.26. The van der Waals surface area contributed by atoms with Crippen LogP contribution in [0.4, 0.5) is 4.79 Å². The van der Waals surface area contributed by atoms with Crippen LogP contribution in [0.15, 0.2) is 0 Å². The molecule has 0 radical (unpaired) electrons. The molecule has 3 amide bonds. The van der Waals surface area contributed by atoms with Gasteiger partial charge in [0.2, 0.25) is 5.91 Å². The molecule has 0 spiro atoms. The fraction of sp³-hybridized carbons (Fsp3) is 0.778. The van der Waals surface area contributed by atoms with Crippen LogP contribution in [-0.4, -0.2) is 43.9 Å². The normalized spacial score (nSPS) is 21.7. The van der Waals surface area contributed by atoms with E-state index in [9.17, 15) is 18.0 Å². The molecule has 1 unspecified atom stereocenters. The third-order valence-electron chi connectivity index (χ3n) is 2.68. The van der Waals surface area contributed by atoms with E-state index in [1.165, 1.54) is 0 Å². The van der Waals surface area contributed by atoms with Crippen molar-refractivity contribution in [3.05, 3.63) is 0 Å². The van der Waals surface area contributed by atoms with E-state index in [0.717, 1.165) is 0 Å². The molecule has 1 aliphatic heterocycles. The second kappa shape index (κ2) is 5.46. The van der Waals surface area contributed by atoms with Crippen molar-refractivity contribution >= 4 is 21.8 Å². The molecule has 0 aromatic heterocycles. The van der Waals surface area contributed by atoms with E-state index < -0.39 is 27.8 Å². The zero-order valence-electron chi connectivity index (χ0n) is 9.60. The zero-order chi connectivity index (χ0) is 13.1. The first-order valence-corrected chi connectivity index (χ1v) is 7.19. The highest BCUT2D eigenvalue weighted by molar-refractivity contribution is 7.91. The molecule has 0 saturated carbocycles. The van der Waals surface area contributed by atoms with Crippen LogP contribution in [0, 0.1) is 0 Å². The molecule has 98 valence electrons. The highest BCUT2D eigenvalue weighted by Crippen LogP contribution is 2.12. The lowest BCUT2D eigenvalue weighted by Gasteiger charge is -2.25. The van der Waals surface area contributed by atoms with E-state index in [2.05, 4.69) is 5.32 Å². The maximum Gasteiger partial charge on any atom is 0.318 e. The summed E-state index contributed by atoms with van der Waals surface area (Å²) in [6.45, 7) is 1.60. The number of hydrogen-bond donors (Lipinski definition) is 3. The van der Waals surface area contributed by atoms with Crippen molar-refractivity contribution in [3.8, 4) is 0 Å². The van der Waals surface area contributed by atoms with Crippen LogP contribution >= 0.6 is 0 Å². The number of carbonyl (C=O) groups excluding carboxylic acids is 2. The minimum Gasteiger partial charge on any atom is -0.351 e. The van der Waals surface area contributed by atoms with Gasteiger partial charge in [-0.25, -0.2) is 13.2 Å². The summed E-state index contributed by atoms with van der Waals surface area (Å²) < 4.78 is 22.4. The number of amides is 3. The minimum absolute atomic E-state index is 0.0212. The lowest BCUT2D eigenvalue weighted by atomic mass is 10.1. The molecule has 0 aromatic rings. The Kier molecular flexibility index (Phi) is 4.47. The molecule has 8 heteroatoms. The number of nitrogens with one attached hydrogen (secondary N) is 2. The Bertz CT molecular complexity index is 392. The van der Waals surface area contributed by atoms with Crippen LogP contribution in [-0.2, 0) is 14.6 Å². The van der Waals surface area contributed by atoms with Gasteiger partial charge in [-0.2, -0.15) is 0 Å². The van der Waals surface area contributed by atoms with E-state index in [4.69, 9.17) is 5.73 Å². The monoisotopic (exact) mass is 263 g/mol. The Morgan fingerprint density at radius 1 is 1.29 bits per heavy atom. The van der Waals surface area contributed by atoms with Gasteiger partial charge < -0.3 is 11.1 Å². The van der Waals surface area contributed by atoms with Crippen LogP contribution in [0.25, 0.3) is 0 Å². The summed E-state index contributed by atoms with van der Waals surface area (Å²) in [6, 6.07) is -1.49. The third-order valence-corrected chi connectivity index (χ3v) is 4.40. The van der Waals surface area contributed by atoms with Crippen LogP contribution in [0.3, 0.4) is 0 Å². The maximum absolute atomic E-state index is 11.4. The number of carbonyl (C=O) groups is 2. The number of hydrogen-bond acceptors (Lipinski definition) is 5. The zero-order valence-corrected chi connectivity index (χ0v) is 10.4. The molecule has 1 saturated heterocycles. The Hall–Kier alpha value is -1.15. The van der Waals surface area contributed by atoms with Gasteiger partial charge in [-0.3, -0.25) is 10.1 Å². The number of sulfone groups is 1. The Labute approximate surface area is 100 Å². The molecule has 1 atom stereocenters. The van der Waals surface area contributed by atoms with Crippen LogP contribution in [0.1, 0.15) is 19.8 Å². The molecule has 1 heterocycles. The number of nitrogens with two attached hydrogens (primary N) is 1. The molecule has 1 rings (SSSR count). The molecule has 17 heavy (non-hydrogen) atoms. The van der Waals surface area contributed by atoms with Crippen molar-refractivity contribution in [1.82, 2.24) is 10.6 Å². The van der Waals surface area contributed by atoms with Gasteiger partial charge in [0.25, 0.3) is 0 Å². The van der Waals surface area contributed by atoms with E-state index in [0.29, 0.717) is 12.8 Å². The third kappa shape index (κ3) is 4.70. The molecule has 4 N–H and O–H groups in total. The van der Waals surface area contributed by atoms with Crippen molar-refractivity contribution < 1.29 is 18.0 Å². The summed E-state index contributed by atoms with van der Waals surface area (Å²) >= 11 is 0. The summed E-state index contributed by atoms with van der Waals surface area (Å²) in [6.07, 6.45) is 0.965. The number of urea groups is 1. The first-order chi connectivity index (χ1) is 7.80. The molecule has 0 bridgehead atoms. The standard InChI is InChI=1S/C9H17N3O4S/c1-6(8(13)12-9(10)14)11-7-2-4-17(15,16)5-3-7/h6-7,11H,2-5H2,1H3,(H3,10,12,13,14). The molecule has 7 nitrogen and oxygen atoms in total. The Balaban J connectivity index is 2.40. The largest absolute Gasteiger partial charge is 0.351 e. The van der Waals surface area contributed by atoms with Crippen LogP contribution in [0.5, 0.6) is 0 Å². The van der Waals surface area contributed by atoms with Gasteiger partial charge >= 0.3 is 6.03 Å². The van der Waals surface area contributed by atoms with Gasteiger partial charge in [0.1, 0.15) is 9.84 Å². The van der Waals surface area contributed by atoms with Gasteiger partial charge in [0.05, 0.1) is 17.5 Å². The van der Waals surface area contributed by atoms with Gasteiger partial charge in [-0.15, -0.1) is 0 Å². The maximum atomic E-state index is 11.4. The fourth-order valence-corrected chi connectivity index (χ4v) is 3.21. The van der Waals surface area contributed by atoms with E-state index >= 15 is 0 Å². The van der Waals surface area contributed by atoms with E-state index in [1.54, 1.807) is 6.92 Å². The fourth-order valence-electron chi connectivity index (χ4n) is 1.72. The first kappa shape index (κ1) is 13.9. The van der Waals surface area contributed by atoms with Crippen molar-refractivity contribution in [2.75, 3.05) is 11.5 Å². The first-order valence-electron chi connectivity index (χ1n) is 5.37. The average Bonchev–Trinajstić information content (AvgIpc) is 2.20.